The molecule has 118 valence electrons. The first-order chi connectivity index (χ1) is 11.2. The standard InChI is InChI=1S/C16H16N4O3/c1-10-7-8-11-15(17-10)19-20-16(11)18-14(21)9-23-13-6-4-3-5-12(13)22-2/h3-8H,9H2,1-2H3,(H2,17,18,19,20,21). The Labute approximate surface area is 132 Å². The summed E-state index contributed by atoms with van der Waals surface area (Å²) in [5.74, 6) is 1.20. The van der Waals surface area contributed by atoms with E-state index in [-0.39, 0.29) is 12.5 Å². The molecule has 2 heterocycles. The van der Waals surface area contributed by atoms with Gasteiger partial charge in [0, 0.05) is 5.69 Å². The number of aryl methyl sites for hydroxylation is 1. The highest BCUT2D eigenvalue weighted by Crippen LogP contribution is 2.25. The first-order valence-electron chi connectivity index (χ1n) is 7.05. The Morgan fingerprint density at radius 2 is 2.00 bits per heavy atom. The molecule has 3 rings (SSSR count). The van der Waals surface area contributed by atoms with E-state index in [1.165, 1.54) is 0 Å². The van der Waals surface area contributed by atoms with Crippen molar-refractivity contribution in [3.63, 3.8) is 0 Å². The molecule has 0 unspecified atom stereocenters. The van der Waals surface area contributed by atoms with Gasteiger partial charge in [0.2, 0.25) is 0 Å². The minimum absolute atomic E-state index is 0.145. The Morgan fingerprint density at radius 3 is 2.78 bits per heavy atom. The number of hydrogen-bond acceptors (Lipinski definition) is 5. The minimum atomic E-state index is -0.315. The third kappa shape index (κ3) is 3.23. The molecule has 1 aromatic carbocycles. The van der Waals surface area contributed by atoms with E-state index in [1.807, 2.05) is 31.2 Å². The third-order valence-corrected chi connectivity index (χ3v) is 3.25. The summed E-state index contributed by atoms with van der Waals surface area (Å²) in [6.45, 7) is 1.74. The first-order valence-corrected chi connectivity index (χ1v) is 7.05. The van der Waals surface area contributed by atoms with E-state index in [1.54, 1.807) is 19.2 Å². The molecule has 2 aromatic heterocycles. The van der Waals surface area contributed by atoms with Crippen molar-refractivity contribution in [2.75, 3.05) is 19.0 Å². The molecule has 1 amide bonds. The van der Waals surface area contributed by atoms with Crippen molar-refractivity contribution in [3.05, 3.63) is 42.1 Å². The van der Waals surface area contributed by atoms with Crippen LogP contribution in [0.1, 0.15) is 5.69 Å². The highest BCUT2D eigenvalue weighted by atomic mass is 16.5. The van der Waals surface area contributed by atoms with Crippen molar-refractivity contribution >= 4 is 22.8 Å². The van der Waals surface area contributed by atoms with Gasteiger partial charge < -0.3 is 14.8 Å². The SMILES string of the molecule is COc1ccccc1OCC(=O)Nc1n[nH]c2nc(C)ccc12. The highest BCUT2D eigenvalue weighted by Gasteiger charge is 2.12. The summed E-state index contributed by atoms with van der Waals surface area (Å²) in [4.78, 5) is 16.3. The molecule has 0 saturated heterocycles. The summed E-state index contributed by atoms with van der Waals surface area (Å²) in [6.07, 6.45) is 0. The fraction of sp³-hybridized carbons (Fsp3) is 0.188. The molecule has 3 aromatic rings. The predicted molar refractivity (Wildman–Crippen MR) is 85.7 cm³/mol. The van der Waals surface area contributed by atoms with Crippen molar-refractivity contribution < 1.29 is 14.3 Å². The van der Waals surface area contributed by atoms with Crippen molar-refractivity contribution in [3.8, 4) is 11.5 Å². The van der Waals surface area contributed by atoms with Crippen LogP contribution in [0.2, 0.25) is 0 Å². The summed E-state index contributed by atoms with van der Waals surface area (Å²) >= 11 is 0. The molecule has 0 radical (unpaired) electrons. The molecule has 0 bridgehead atoms. The Balaban J connectivity index is 1.67. The number of benzene rings is 1. The summed E-state index contributed by atoms with van der Waals surface area (Å²) in [7, 11) is 1.55. The van der Waals surface area contributed by atoms with Gasteiger partial charge in [0.1, 0.15) is 0 Å². The largest absolute Gasteiger partial charge is 0.493 e. The predicted octanol–water partition coefficient (Wildman–Crippen LogP) is 2.29. The summed E-state index contributed by atoms with van der Waals surface area (Å²) in [6, 6.07) is 10.9. The van der Waals surface area contributed by atoms with Gasteiger partial charge in [-0.25, -0.2) is 4.98 Å². The van der Waals surface area contributed by atoms with E-state index < -0.39 is 0 Å². The number of amides is 1. The van der Waals surface area contributed by atoms with Crippen molar-refractivity contribution in [1.29, 1.82) is 0 Å². The molecule has 23 heavy (non-hydrogen) atoms. The normalized spacial score (nSPS) is 10.5. The number of methoxy groups -OCH3 is 1. The van der Waals surface area contributed by atoms with Crippen LogP contribution in [-0.2, 0) is 4.79 Å². The topological polar surface area (TPSA) is 89.1 Å². The van der Waals surface area contributed by atoms with Crippen LogP contribution in [0.3, 0.4) is 0 Å². The van der Waals surface area contributed by atoms with Crippen LogP contribution in [0.5, 0.6) is 11.5 Å². The Kier molecular flexibility index (Phi) is 4.09. The van der Waals surface area contributed by atoms with E-state index in [9.17, 15) is 4.79 Å². The second-order valence-electron chi connectivity index (χ2n) is 4.91. The Morgan fingerprint density at radius 1 is 1.22 bits per heavy atom. The number of nitrogens with one attached hydrogen (secondary N) is 2. The number of H-pyrrole nitrogens is 1. The average Bonchev–Trinajstić information content (AvgIpc) is 2.95. The zero-order valence-electron chi connectivity index (χ0n) is 12.8. The lowest BCUT2D eigenvalue weighted by Gasteiger charge is -2.09. The fourth-order valence-corrected chi connectivity index (χ4v) is 2.15. The quantitative estimate of drug-likeness (QED) is 0.754. The molecule has 0 atom stereocenters. The van der Waals surface area contributed by atoms with Gasteiger partial charge in [-0.05, 0) is 31.2 Å². The van der Waals surface area contributed by atoms with Crippen LogP contribution >= 0.6 is 0 Å². The van der Waals surface area contributed by atoms with E-state index in [2.05, 4.69) is 20.5 Å². The number of anilines is 1. The number of rotatable bonds is 5. The number of aromatic amines is 1. The van der Waals surface area contributed by atoms with Crippen LogP contribution in [0.25, 0.3) is 11.0 Å². The van der Waals surface area contributed by atoms with E-state index in [4.69, 9.17) is 9.47 Å². The molecule has 0 aliphatic carbocycles. The molecular weight excluding hydrogens is 296 g/mol. The van der Waals surface area contributed by atoms with Gasteiger partial charge in [-0.1, -0.05) is 12.1 Å². The van der Waals surface area contributed by atoms with Crippen LogP contribution in [0.4, 0.5) is 5.82 Å². The second-order valence-corrected chi connectivity index (χ2v) is 4.91. The highest BCUT2D eigenvalue weighted by molar-refractivity contribution is 5.99. The van der Waals surface area contributed by atoms with E-state index >= 15 is 0 Å². The number of pyridine rings is 1. The maximum atomic E-state index is 12.0. The van der Waals surface area contributed by atoms with Crippen LogP contribution in [-0.4, -0.2) is 34.8 Å². The Bertz CT molecular complexity index is 844. The molecule has 0 aliphatic heterocycles. The monoisotopic (exact) mass is 312 g/mol. The zero-order valence-corrected chi connectivity index (χ0v) is 12.8. The molecule has 0 fully saturated rings. The molecular formula is C16H16N4O3. The number of ether oxygens (including phenoxy) is 2. The van der Waals surface area contributed by atoms with Crippen LogP contribution in [0, 0.1) is 6.92 Å². The van der Waals surface area contributed by atoms with E-state index in [0.29, 0.717) is 23.0 Å². The number of para-hydroxylation sites is 2. The Hall–Kier alpha value is -3.09. The molecule has 0 aliphatic rings. The number of fused-ring (bicyclic) bond motifs is 1. The molecule has 0 spiro atoms. The lowest BCUT2D eigenvalue weighted by atomic mass is 10.3. The van der Waals surface area contributed by atoms with Crippen LogP contribution in [0.15, 0.2) is 36.4 Å². The molecule has 7 heteroatoms. The molecule has 2 N–H and O–H groups in total. The number of hydrogen-bond donors (Lipinski definition) is 2. The number of carbonyl (C=O) groups excluding carboxylic acids is 1. The van der Waals surface area contributed by atoms with Crippen LogP contribution < -0.4 is 14.8 Å². The van der Waals surface area contributed by atoms with Gasteiger partial charge in [0.25, 0.3) is 5.91 Å². The zero-order chi connectivity index (χ0) is 16.2. The second kappa shape index (κ2) is 6.35. The third-order valence-electron chi connectivity index (χ3n) is 3.25. The van der Waals surface area contributed by atoms with Crippen molar-refractivity contribution in [2.45, 2.75) is 6.92 Å². The van der Waals surface area contributed by atoms with Gasteiger partial charge >= 0.3 is 0 Å². The molecule has 7 nitrogen and oxygen atoms in total. The van der Waals surface area contributed by atoms with Gasteiger partial charge in [-0.2, -0.15) is 5.10 Å². The van der Waals surface area contributed by atoms with Crippen molar-refractivity contribution in [1.82, 2.24) is 15.2 Å². The molecule has 0 saturated carbocycles. The number of carbonyl (C=O) groups is 1. The minimum Gasteiger partial charge on any atom is -0.493 e. The first kappa shape index (κ1) is 14.8. The average molecular weight is 312 g/mol. The summed E-state index contributed by atoms with van der Waals surface area (Å²) in [5, 5.41) is 10.3. The van der Waals surface area contributed by atoms with Gasteiger partial charge in [0.05, 0.1) is 12.5 Å². The lowest BCUT2D eigenvalue weighted by Crippen LogP contribution is -2.20. The van der Waals surface area contributed by atoms with Gasteiger partial charge in [-0.3, -0.25) is 9.89 Å². The maximum Gasteiger partial charge on any atom is 0.263 e. The fourth-order valence-electron chi connectivity index (χ4n) is 2.15. The van der Waals surface area contributed by atoms with Gasteiger partial charge in [0.15, 0.2) is 29.6 Å². The smallest absolute Gasteiger partial charge is 0.263 e. The lowest BCUT2D eigenvalue weighted by molar-refractivity contribution is -0.118. The van der Waals surface area contributed by atoms with Gasteiger partial charge in [-0.15, -0.1) is 0 Å². The number of nitrogens with zero attached hydrogens (tertiary/aromatic N) is 2. The van der Waals surface area contributed by atoms with Crippen molar-refractivity contribution in [2.24, 2.45) is 0 Å². The van der Waals surface area contributed by atoms with E-state index in [0.717, 1.165) is 11.1 Å². The maximum absolute atomic E-state index is 12.0. The summed E-state index contributed by atoms with van der Waals surface area (Å²) < 4.78 is 10.6. The summed E-state index contributed by atoms with van der Waals surface area (Å²) in [5.41, 5.74) is 1.50. The number of aromatic nitrogens is 3.